The predicted octanol–water partition coefficient (Wildman–Crippen LogP) is 3.93. The number of ether oxygens (including phenoxy) is 3. The number of para-hydroxylation sites is 1. The number of halogens is 2. The number of H-pyrrole nitrogens is 1. The van der Waals surface area contributed by atoms with Gasteiger partial charge >= 0.3 is 0 Å². The fourth-order valence-corrected chi connectivity index (χ4v) is 4.18. The van der Waals surface area contributed by atoms with Crippen molar-refractivity contribution in [2.24, 2.45) is 0 Å². The van der Waals surface area contributed by atoms with Gasteiger partial charge in [0.15, 0.2) is 11.6 Å². The van der Waals surface area contributed by atoms with Crippen molar-refractivity contribution in [3.63, 3.8) is 0 Å². The van der Waals surface area contributed by atoms with Gasteiger partial charge in [0, 0.05) is 42.9 Å². The average molecular weight is 470 g/mol. The maximum atomic E-state index is 14.4. The molecule has 2 aromatic heterocycles. The maximum Gasteiger partial charge on any atom is 0.255 e. The fraction of sp³-hybridized carbons (Fsp3) is 0.333. The molecule has 0 radical (unpaired) electrons. The molecule has 1 amide bonds. The second-order valence-electron chi connectivity index (χ2n) is 8.13. The summed E-state index contributed by atoms with van der Waals surface area (Å²) in [4.78, 5) is 20.3. The van der Waals surface area contributed by atoms with Crippen molar-refractivity contribution >= 4 is 17.3 Å². The van der Waals surface area contributed by atoms with E-state index < -0.39 is 18.4 Å². The molecule has 2 aliphatic heterocycles. The number of pyridine rings is 1. The smallest absolute Gasteiger partial charge is 0.255 e. The number of benzene rings is 1. The van der Waals surface area contributed by atoms with Crippen molar-refractivity contribution in [3.05, 3.63) is 53.7 Å². The molecule has 0 bridgehead atoms. The number of carbonyl (C=O) groups is 1. The minimum atomic E-state index is -0.658. The van der Waals surface area contributed by atoms with Gasteiger partial charge in [0.05, 0.1) is 48.7 Å². The van der Waals surface area contributed by atoms with E-state index in [9.17, 15) is 13.6 Å². The van der Waals surface area contributed by atoms with Crippen molar-refractivity contribution in [1.82, 2.24) is 15.3 Å². The third kappa shape index (κ3) is 3.94. The standard InChI is InChI=1S/C24H24F2N4O4/c1-32-23-16(26)3-2-4-17(23)29-22-19-20(13(9-25)10-28-24(19)31)30-21(22)15-5-7-27-11-18(15)34-12-14-6-8-33-14/h2-5,7,11,13-14,29-30H,6,8-10,12H2,1H3,(H,28,31). The first-order valence-electron chi connectivity index (χ1n) is 11.0. The molecule has 1 fully saturated rings. The van der Waals surface area contributed by atoms with Crippen molar-refractivity contribution < 1.29 is 27.8 Å². The molecule has 178 valence electrons. The van der Waals surface area contributed by atoms with Crippen LogP contribution in [0.25, 0.3) is 11.3 Å². The Morgan fingerprint density at radius 3 is 2.91 bits per heavy atom. The van der Waals surface area contributed by atoms with Crippen molar-refractivity contribution in [2.75, 3.05) is 38.9 Å². The Labute approximate surface area is 194 Å². The van der Waals surface area contributed by atoms with Crippen molar-refractivity contribution in [1.29, 1.82) is 0 Å². The molecule has 3 N–H and O–H groups in total. The number of amides is 1. The van der Waals surface area contributed by atoms with E-state index in [2.05, 4.69) is 20.6 Å². The lowest BCUT2D eigenvalue weighted by Crippen LogP contribution is -2.35. The number of hydrogen-bond donors (Lipinski definition) is 3. The first-order valence-corrected chi connectivity index (χ1v) is 11.0. The van der Waals surface area contributed by atoms with Crippen molar-refractivity contribution in [3.8, 4) is 22.8 Å². The monoisotopic (exact) mass is 470 g/mol. The van der Waals surface area contributed by atoms with Crippen LogP contribution in [0.15, 0.2) is 36.7 Å². The molecule has 0 spiro atoms. The van der Waals surface area contributed by atoms with Gasteiger partial charge in [-0.25, -0.2) is 4.39 Å². The Balaban J connectivity index is 1.63. The molecule has 10 heteroatoms. The number of rotatable bonds is 8. The largest absolute Gasteiger partial charge is 0.492 e. The lowest BCUT2D eigenvalue weighted by atomic mass is 9.97. The van der Waals surface area contributed by atoms with E-state index in [4.69, 9.17) is 14.2 Å². The summed E-state index contributed by atoms with van der Waals surface area (Å²) in [5, 5.41) is 5.88. The third-order valence-corrected chi connectivity index (χ3v) is 6.06. The summed E-state index contributed by atoms with van der Waals surface area (Å²) in [6.45, 7) is 0.576. The van der Waals surface area contributed by atoms with E-state index in [1.54, 1.807) is 24.5 Å². The summed E-state index contributed by atoms with van der Waals surface area (Å²) in [7, 11) is 1.36. The number of nitrogens with one attached hydrogen (secondary N) is 3. The predicted molar refractivity (Wildman–Crippen MR) is 121 cm³/mol. The number of alkyl halides is 1. The minimum Gasteiger partial charge on any atom is -0.492 e. The number of aromatic nitrogens is 2. The Kier molecular flexibility index (Phi) is 6.06. The number of fused-ring (bicyclic) bond motifs is 1. The Hall–Kier alpha value is -3.66. The molecule has 2 aliphatic rings. The zero-order valence-corrected chi connectivity index (χ0v) is 18.5. The van der Waals surface area contributed by atoms with Gasteiger partial charge < -0.3 is 29.8 Å². The highest BCUT2D eigenvalue weighted by Crippen LogP contribution is 2.43. The van der Waals surface area contributed by atoms with Gasteiger partial charge in [-0.05, 0) is 18.2 Å². The Bertz CT molecular complexity index is 1210. The molecule has 34 heavy (non-hydrogen) atoms. The second kappa shape index (κ2) is 9.30. The topological polar surface area (TPSA) is 97.5 Å². The third-order valence-electron chi connectivity index (χ3n) is 6.06. The van der Waals surface area contributed by atoms with Crippen LogP contribution in [0.1, 0.15) is 28.4 Å². The molecule has 0 saturated carbocycles. The van der Waals surface area contributed by atoms with E-state index in [1.807, 2.05) is 0 Å². The van der Waals surface area contributed by atoms with Crippen LogP contribution in [0.2, 0.25) is 0 Å². The van der Waals surface area contributed by atoms with Gasteiger partial charge in [0.1, 0.15) is 12.4 Å². The molecule has 2 unspecified atom stereocenters. The van der Waals surface area contributed by atoms with Gasteiger partial charge in [-0.2, -0.15) is 0 Å². The SMILES string of the molecule is COc1c(F)cccc1Nc1c(-c2ccncc2OCC2CCO2)[nH]c2c1C(=O)NCC2CF. The summed E-state index contributed by atoms with van der Waals surface area (Å²) < 4.78 is 44.9. The summed E-state index contributed by atoms with van der Waals surface area (Å²) in [6, 6.07) is 6.19. The summed E-state index contributed by atoms with van der Waals surface area (Å²) in [6.07, 6.45) is 4.10. The maximum absolute atomic E-state index is 14.4. The normalized spacial score (nSPS) is 19.1. The van der Waals surface area contributed by atoms with Crippen LogP contribution < -0.4 is 20.1 Å². The molecular formula is C24H24F2N4O4. The molecule has 1 saturated heterocycles. The second-order valence-corrected chi connectivity index (χ2v) is 8.13. The van der Waals surface area contributed by atoms with Gasteiger partial charge in [0.25, 0.3) is 5.91 Å². The number of nitrogens with zero attached hydrogens (tertiary/aromatic N) is 1. The number of carbonyl (C=O) groups excluding carboxylic acids is 1. The van der Waals surface area contributed by atoms with E-state index in [-0.39, 0.29) is 29.9 Å². The molecule has 0 aliphatic carbocycles. The molecule has 4 heterocycles. The van der Waals surface area contributed by atoms with Crippen LogP contribution in [0, 0.1) is 5.82 Å². The van der Waals surface area contributed by atoms with Gasteiger partial charge in [0.2, 0.25) is 0 Å². The average Bonchev–Trinajstić information content (AvgIpc) is 3.19. The van der Waals surface area contributed by atoms with Crippen LogP contribution in [-0.2, 0) is 4.74 Å². The van der Waals surface area contributed by atoms with E-state index in [0.717, 1.165) is 6.42 Å². The van der Waals surface area contributed by atoms with Crippen LogP contribution in [-0.4, -0.2) is 55.5 Å². The highest BCUT2D eigenvalue weighted by molar-refractivity contribution is 6.07. The van der Waals surface area contributed by atoms with Crippen LogP contribution in [0.3, 0.4) is 0 Å². The van der Waals surface area contributed by atoms with E-state index in [0.29, 0.717) is 47.3 Å². The summed E-state index contributed by atoms with van der Waals surface area (Å²) in [5.74, 6) is -0.999. The number of aromatic amines is 1. The van der Waals surface area contributed by atoms with Crippen LogP contribution in [0.5, 0.6) is 11.5 Å². The number of hydrogen-bond acceptors (Lipinski definition) is 6. The van der Waals surface area contributed by atoms with Gasteiger partial charge in [-0.3, -0.25) is 14.2 Å². The van der Waals surface area contributed by atoms with E-state index in [1.165, 1.54) is 19.2 Å². The molecule has 3 aromatic rings. The molecule has 1 aromatic carbocycles. The zero-order valence-electron chi connectivity index (χ0n) is 18.5. The van der Waals surface area contributed by atoms with Crippen molar-refractivity contribution in [2.45, 2.75) is 18.4 Å². The molecule has 5 rings (SSSR count). The Morgan fingerprint density at radius 2 is 2.18 bits per heavy atom. The van der Waals surface area contributed by atoms with Crippen LogP contribution in [0.4, 0.5) is 20.2 Å². The lowest BCUT2D eigenvalue weighted by molar-refractivity contribution is -0.0720. The minimum absolute atomic E-state index is 0.00464. The molecule has 2 atom stereocenters. The summed E-state index contributed by atoms with van der Waals surface area (Å²) in [5.41, 5.74) is 2.53. The quantitative estimate of drug-likeness (QED) is 0.462. The molecule has 8 nitrogen and oxygen atoms in total. The van der Waals surface area contributed by atoms with Crippen LogP contribution >= 0.6 is 0 Å². The highest BCUT2D eigenvalue weighted by atomic mass is 19.1. The summed E-state index contributed by atoms with van der Waals surface area (Å²) >= 11 is 0. The van der Waals surface area contributed by atoms with Gasteiger partial charge in [-0.15, -0.1) is 0 Å². The number of anilines is 2. The van der Waals surface area contributed by atoms with E-state index >= 15 is 0 Å². The first kappa shape index (κ1) is 22.1. The molecular weight excluding hydrogens is 446 g/mol. The zero-order chi connectivity index (χ0) is 23.7. The lowest BCUT2D eigenvalue weighted by Gasteiger charge is -2.26. The highest BCUT2D eigenvalue weighted by Gasteiger charge is 2.34. The number of methoxy groups -OCH3 is 1. The first-order chi connectivity index (χ1) is 16.6. The Morgan fingerprint density at radius 1 is 1.32 bits per heavy atom. The van der Waals surface area contributed by atoms with Gasteiger partial charge in [-0.1, -0.05) is 6.07 Å². The fourth-order valence-electron chi connectivity index (χ4n) is 4.18.